The van der Waals surface area contributed by atoms with E-state index in [9.17, 15) is 14.4 Å². The Bertz CT molecular complexity index is 1160. The normalized spacial score (nSPS) is 14.8. The lowest BCUT2D eigenvalue weighted by atomic mass is 9.99. The molecule has 0 spiro atoms. The Hall–Kier alpha value is -3.35. The second kappa shape index (κ2) is 26.5. The molecule has 2 atom stereocenters. The summed E-state index contributed by atoms with van der Waals surface area (Å²) in [6.45, 7) is 13.5. The number of hydrogen-bond acceptors (Lipinski definition) is 8. The summed E-state index contributed by atoms with van der Waals surface area (Å²) in [7, 11) is 1.29. The predicted molar refractivity (Wildman–Crippen MR) is 199 cm³/mol. The molecule has 1 aromatic rings. The number of benzene rings is 1. The van der Waals surface area contributed by atoms with Gasteiger partial charge < -0.3 is 29.0 Å². The van der Waals surface area contributed by atoms with Crippen molar-refractivity contribution in [2.45, 2.75) is 149 Å². The summed E-state index contributed by atoms with van der Waals surface area (Å²) in [5.41, 5.74) is 0.487. The SMILES string of the molecule is CC#CCOc1ccc(C[C@H](NC=O)C(=O)OC)cc1.CCCCCCCC1(CCCCCC/C=C/C[C@@H](C)C(=O)OC(C)(C)C)OCCO1. The Morgan fingerprint density at radius 1 is 0.940 bits per heavy atom. The van der Waals surface area contributed by atoms with Gasteiger partial charge in [-0.15, -0.1) is 5.92 Å². The minimum Gasteiger partial charge on any atom is -0.481 e. The third-order valence-corrected chi connectivity index (χ3v) is 8.22. The van der Waals surface area contributed by atoms with E-state index < -0.39 is 17.6 Å². The van der Waals surface area contributed by atoms with E-state index in [1.165, 1.54) is 64.9 Å². The quantitative estimate of drug-likeness (QED) is 0.0400. The first-order valence-corrected chi connectivity index (χ1v) is 18.5. The van der Waals surface area contributed by atoms with E-state index in [-0.39, 0.29) is 17.7 Å². The first-order chi connectivity index (χ1) is 24.0. The van der Waals surface area contributed by atoms with Crippen LogP contribution in [0.25, 0.3) is 0 Å². The summed E-state index contributed by atoms with van der Waals surface area (Å²) >= 11 is 0. The molecule has 1 saturated heterocycles. The number of methoxy groups -OCH3 is 1. The molecule has 9 nitrogen and oxygen atoms in total. The van der Waals surface area contributed by atoms with Gasteiger partial charge in [0.2, 0.25) is 6.41 Å². The van der Waals surface area contributed by atoms with Crippen molar-refractivity contribution in [3.63, 3.8) is 0 Å². The van der Waals surface area contributed by atoms with Crippen LogP contribution >= 0.6 is 0 Å². The lowest BCUT2D eigenvalue weighted by Crippen LogP contribution is -2.38. The minimum atomic E-state index is -0.685. The first-order valence-electron chi connectivity index (χ1n) is 18.5. The van der Waals surface area contributed by atoms with Crippen molar-refractivity contribution in [3.05, 3.63) is 42.0 Å². The van der Waals surface area contributed by atoms with Gasteiger partial charge >= 0.3 is 11.9 Å². The van der Waals surface area contributed by atoms with Crippen LogP contribution in [0, 0.1) is 17.8 Å². The Kier molecular flexibility index (Phi) is 23.6. The molecule has 1 fully saturated rings. The number of ether oxygens (including phenoxy) is 5. The van der Waals surface area contributed by atoms with Crippen molar-refractivity contribution >= 4 is 18.3 Å². The highest BCUT2D eigenvalue weighted by Gasteiger charge is 2.35. The van der Waals surface area contributed by atoms with Gasteiger partial charge in [-0.2, -0.15) is 0 Å². The topological polar surface area (TPSA) is 109 Å². The van der Waals surface area contributed by atoms with Crippen LogP contribution in [0.3, 0.4) is 0 Å². The van der Waals surface area contributed by atoms with Gasteiger partial charge in [-0.3, -0.25) is 9.59 Å². The largest absolute Gasteiger partial charge is 0.481 e. The molecule has 1 aliphatic rings. The molecule has 0 unspecified atom stereocenters. The Labute approximate surface area is 302 Å². The summed E-state index contributed by atoms with van der Waals surface area (Å²) in [5, 5.41) is 2.43. The Balaban J connectivity index is 0.000000542. The number of nitrogens with one attached hydrogen (secondary N) is 1. The molecular weight excluding hydrogens is 634 g/mol. The van der Waals surface area contributed by atoms with Gasteiger partial charge in [0.05, 0.1) is 26.2 Å². The second-order valence-corrected chi connectivity index (χ2v) is 13.8. The predicted octanol–water partition coefficient (Wildman–Crippen LogP) is 8.27. The molecule has 0 bridgehead atoms. The van der Waals surface area contributed by atoms with Crippen LogP contribution in [-0.2, 0) is 39.8 Å². The zero-order valence-electron chi connectivity index (χ0n) is 32.0. The van der Waals surface area contributed by atoms with Crippen LogP contribution in [-0.4, -0.2) is 62.7 Å². The monoisotopic (exact) mass is 699 g/mol. The van der Waals surface area contributed by atoms with E-state index in [0.717, 1.165) is 44.5 Å². The lowest BCUT2D eigenvalue weighted by Gasteiger charge is -2.27. The molecule has 50 heavy (non-hydrogen) atoms. The second-order valence-electron chi connectivity index (χ2n) is 13.8. The highest BCUT2D eigenvalue weighted by Crippen LogP contribution is 2.32. The molecule has 0 radical (unpaired) electrons. The van der Waals surface area contributed by atoms with E-state index in [1.807, 2.05) is 39.8 Å². The van der Waals surface area contributed by atoms with Gasteiger partial charge in [-0.25, -0.2) is 4.79 Å². The summed E-state index contributed by atoms with van der Waals surface area (Å²) in [4.78, 5) is 33.9. The van der Waals surface area contributed by atoms with Gasteiger partial charge in [0, 0.05) is 19.3 Å². The highest BCUT2D eigenvalue weighted by atomic mass is 16.7. The van der Waals surface area contributed by atoms with Crippen LogP contribution < -0.4 is 10.1 Å². The molecule has 1 N–H and O–H groups in total. The molecule has 1 aromatic carbocycles. The lowest BCUT2D eigenvalue weighted by molar-refractivity contribution is -0.168. The third-order valence-electron chi connectivity index (χ3n) is 8.22. The van der Waals surface area contributed by atoms with Gasteiger partial charge in [-0.1, -0.05) is 82.6 Å². The van der Waals surface area contributed by atoms with Crippen molar-refractivity contribution in [2.75, 3.05) is 26.9 Å². The number of esters is 2. The van der Waals surface area contributed by atoms with Crippen LogP contribution in [0.5, 0.6) is 5.75 Å². The molecule has 1 heterocycles. The standard InChI is InChI=1S/C26H48O4.C15H17NO4/c1-6-7-8-13-16-19-26(28-21-22-29-26)20-17-14-11-9-10-12-15-18-23(2)24(27)30-25(3,4)5;1-3-4-9-20-13-7-5-12(6-8-13)10-14(16-11-17)15(18)19-2/h12,15,23H,6-11,13-14,16-22H2,1-5H3;5-8,11,14H,9-10H2,1-2H3,(H,16,17)/b15-12+;/t23-;14-/m10/s1. The number of amides is 1. The van der Waals surface area contributed by atoms with Crippen molar-refractivity contribution in [1.29, 1.82) is 0 Å². The third kappa shape index (κ3) is 21.0. The van der Waals surface area contributed by atoms with Crippen LogP contribution in [0.4, 0.5) is 0 Å². The summed E-state index contributed by atoms with van der Waals surface area (Å²) in [6.07, 6.45) is 20.4. The number of allylic oxidation sites excluding steroid dienone is 2. The molecule has 9 heteroatoms. The van der Waals surface area contributed by atoms with E-state index in [4.69, 9.17) is 18.9 Å². The van der Waals surface area contributed by atoms with Gasteiger partial charge in [-0.05, 0) is 77.5 Å². The summed E-state index contributed by atoms with van der Waals surface area (Å²) in [5.74, 6) is 5.29. The summed E-state index contributed by atoms with van der Waals surface area (Å²) in [6, 6.07) is 6.56. The fraction of sp³-hybridized carbons (Fsp3) is 0.683. The molecular formula is C41H65NO8. The Morgan fingerprint density at radius 2 is 1.56 bits per heavy atom. The van der Waals surface area contributed by atoms with Gasteiger partial charge in [0.15, 0.2) is 5.79 Å². The number of carbonyl (C=O) groups is 3. The number of rotatable bonds is 23. The van der Waals surface area contributed by atoms with Gasteiger partial charge in [0.25, 0.3) is 0 Å². The van der Waals surface area contributed by atoms with Crippen molar-refractivity contribution in [2.24, 2.45) is 5.92 Å². The van der Waals surface area contributed by atoms with Crippen LogP contribution in [0.15, 0.2) is 36.4 Å². The maximum atomic E-state index is 12.0. The van der Waals surface area contributed by atoms with Crippen LogP contribution in [0.1, 0.15) is 131 Å². The zero-order chi connectivity index (χ0) is 37.1. The van der Waals surface area contributed by atoms with E-state index in [0.29, 0.717) is 25.2 Å². The minimum absolute atomic E-state index is 0.0787. The van der Waals surface area contributed by atoms with E-state index >= 15 is 0 Å². The number of unbranched alkanes of at least 4 members (excludes halogenated alkanes) is 8. The van der Waals surface area contributed by atoms with Crippen molar-refractivity contribution < 1.29 is 38.1 Å². The van der Waals surface area contributed by atoms with Crippen LogP contribution in [0.2, 0.25) is 0 Å². The van der Waals surface area contributed by atoms with E-state index in [1.54, 1.807) is 19.1 Å². The highest BCUT2D eigenvalue weighted by molar-refractivity contribution is 5.78. The van der Waals surface area contributed by atoms with Crippen molar-refractivity contribution in [3.8, 4) is 17.6 Å². The maximum Gasteiger partial charge on any atom is 0.328 e. The van der Waals surface area contributed by atoms with Gasteiger partial charge in [0.1, 0.15) is 24.0 Å². The average Bonchev–Trinajstić information content (AvgIpc) is 3.56. The fourth-order valence-electron chi connectivity index (χ4n) is 5.42. The Morgan fingerprint density at radius 3 is 2.12 bits per heavy atom. The molecule has 2 rings (SSSR count). The molecule has 1 aliphatic heterocycles. The molecule has 0 aliphatic carbocycles. The van der Waals surface area contributed by atoms with E-state index in [2.05, 4.69) is 41.0 Å². The van der Waals surface area contributed by atoms with Crippen molar-refractivity contribution in [1.82, 2.24) is 5.32 Å². The molecule has 0 aromatic heterocycles. The molecule has 282 valence electrons. The average molecular weight is 700 g/mol. The molecule has 1 amide bonds. The number of carbonyl (C=O) groups excluding carboxylic acids is 3. The maximum absolute atomic E-state index is 12.0. The fourth-order valence-corrected chi connectivity index (χ4v) is 5.42. The zero-order valence-corrected chi connectivity index (χ0v) is 32.0. The smallest absolute Gasteiger partial charge is 0.328 e. The molecule has 0 saturated carbocycles. The number of hydrogen-bond donors (Lipinski definition) is 1. The first kappa shape index (κ1) is 44.7. The summed E-state index contributed by atoms with van der Waals surface area (Å²) < 4.78 is 27.4.